The summed E-state index contributed by atoms with van der Waals surface area (Å²) >= 11 is 0. The maximum absolute atomic E-state index is 6.17. The molecule has 3 nitrogen and oxygen atoms in total. The molecule has 3 fully saturated rings. The average Bonchev–Trinajstić information content (AvgIpc) is 2.57. The molecule has 3 rings (SSSR count). The zero-order valence-electron chi connectivity index (χ0n) is 12.1. The van der Waals surface area contributed by atoms with Gasteiger partial charge in [-0.3, -0.25) is 4.90 Å². The molecule has 0 aromatic carbocycles. The standard InChI is InChI=1S/C15H29N3/c1-15(5-7-17(2)8-6-15)11-18-13-3-4-14(18)10-12(16)9-13/h12-14H,3-11,16H2,1-2H3. The van der Waals surface area contributed by atoms with Gasteiger partial charge in [0.05, 0.1) is 0 Å². The van der Waals surface area contributed by atoms with E-state index in [-0.39, 0.29) is 0 Å². The lowest BCUT2D eigenvalue weighted by atomic mass is 9.79. The molecule has 0 radical (unpaired) electrons. The quantitative estimate of drug-likeness (QED) is 0.810. The zero-order chi connectivity index (χ0) is 12.8. The Morgan fingerprint density at radius 2 is 1.67 bits per heavy atom. The molecular weight excluding hydrogens is 222 g/mol. The van der Waals surface area contributed by atoms with Crippen LogP contribution in [0.3, 0.4) is 0 Å². The van der Waals surface area contributed by atoms with Crippen LogP contribution in [0, 0.1) is 5.41 Å². The van der Waals surface area contributed by atoms with E-state index in [1.165, 1.54) is 58.2 Å². The SMILES string of the molecule is CN1CCC(C)(CN2C3CCC2CC(N)C3)CC1. The van der Waals surface area contributed by atoms with Gasteiger partial charge in [0.1, 0.15) is 0 Å². The Morgan fingerprint density at radius 1 is 1.11 bits per heavy atom. The molecule has 2 bridgehead atoms. The van der Waals surface area contributed by atoms with Gasteiger partial charge in [0.15, 0.2) is 0 Å². The highest BCUT2D eigenvalue weighted by atomic mass is 15.2. The second-order valence-electron chi connectivity index (χ2n) is 7.40. The third-order valence-electron chi connectivity index (χ3n) is 5.68. The molecule has 2 N–H and O–H groups in total. The van der Waals surface area contributed by atoms with Gasteiger partial charge in [0.2, 0.25) is 0 Å². The minimum absolute atomic E-state index is 0.476. The Morgan fingerprint density at radius 3 is 2.22 bits per heavy atom. The number of fused-ring (bicyclic) bond motifs is 2. The van der Waals surface area contributed by atoms with Gasteiger partial charge in [-0.25, -0.2) is 0 Å². The van der Waals surface area contributed by atoms with Crippen molar-refractivity contribution in [2.24, 2.45) is 11.1 Å². The monoisotopic (exact) mass is 251 g/mol. The molecule has 3 heteroatoms. The van der Waals surface area contributed by atoms with E-state index in [4.69, 9.17) is 5.73 Å². The van der Waals surface area contributed by atoms with Gasteiger partial charge in [0.25, 0.3) is 0 Å². The van der Waals surface area contributed by atoms with E-state index in [0.717, 1.165) is 12.1 Å². The van der Waals surface area contributed by atoms with E-state index in [0.29, 0.717) is 11.5 Å². The molecule has 0 saturated carbocycles. The minimum Gasteiger partial charge on any atom is -0.328 e. The van der Waals surface area contributed by atoms with Crippen molar-refractivity contribution in [3.8, 4) is 0 Å². The van der Waals surface area contributed by atoms with Crippen molar-refractivity contribution in [3.05, 3.63) is 0 Å². The molecular formula is C15H29N3. The predicted molar refractivity (Wildman–Crippen MR) is 75.6 cm³/mol. The molecule has 2 unspecified atom stereocenters. The van der Waals surface area contributed by atoms with Crippen molar-refractivity contribution >= 4 is 0 Å². The van der Waals surface area contributed by atoms with Gasteiger partial charge >= 0.3 is 0 Å². The van der Waals surface area contributed by atoms with Gasteiger partial charge in [-0.05, 0) is 64.1 Å². The van der Waals surface area contributed by atoms with Gasteiger partial charge in [-0.15, -0.1) is 0 Å². The second-order valence-corrected chi connectivity index (χ2v) is 7.40. The summed E-state index contributed by atoms with van der Waals surface area (Å²) in [6.07, 6.45) is 8.01. The summed E-state index contributed by atoms with van der Waals surface area (Å²) < 4.78 is 0. The van der Waals surface area contributed by atoms with Crippen LogP contribution in [0.25, 0.3) is 0 Å². The van der Waals surface area contributed by atoms with Gasteiger partial charge < -0.3 is 10.6 Å². The van der Waals surface area contributed by atoms with E-state index in [1.54, 1.807) is 0 Å². The molecule has 2 atom stereocenters. The number of hydrogen-bond donors (Lipinski definition) is 1. The largest absolute Gasteiger partial charge is 0.328 e. The van der Waals surface area contributed by atoms with Crippen molar-refractivity contribution < 1.29 is 0 Å². The third-order valence-corrected chi connectivity index (χ3v) is 5.68. The molecule has 0 aromatic rings. The first-order chi connectivity index (χ1) is 8.56. The Hall–Kier alpha value is -0.120. The number of rotatable bonds is 2. The maximum atomic E-state index is 6.17. The van der Waals surface area contributed by atoms with Crippen LogP contribution in [0.5, 0.6) is 0 Å². The van der Waals surface area contributed by atoms with Crippen molar-refractivity contribution in [1.29, 1.82) is 0 Å². The summed E-state index contributed by atoms with van der Waals surface area (Å²) in [5.41, 5.74) is 6.72. The average molecular weight is 251 g/mol. The molecule has 0 amide bonds. The van der Waals surface area contributed by atoms with Crippen molar-refractivity contribution in [2.75, 3.05) is 26.7 Å². The number of hydrogen-bond acceptors (Lipinski definition) is 3. The zero-order valence-corrected chi connectivity index (χ0v) is 12.1. The smallest absolute Gasteiger partial charge is 0.0114 e. The Bertz CT molecular complexity index is 282. The fourth-order valence-corrected chi connectivity index (χ4v) is 4.33. The molecule has 3 aliphatic rings. The van der Waals surface area contributed by atoms with Crippen LogP contribution >= 0.6 is 0 Å². The molecule has 0 spiro atoms. The van der Waals surface area contributed by atoms with Crippen LogP contribution in [0.4, 0.5) is 0 Å². The van der Waals surface area contributed by atoms with Crippen molar-refractivity contribution in [2.45, 2.75) is 63.6 Å². The van der Waals surface area contributed by atoms with Crippen LogP contribution in [-0.4, -0.2) is 54.6 Å². The topological polar surface area (TPSA) is 32.5 Å². The number of piperidine rings is 2. The molecule has 3 aliphatic heterocycles. The summed E-state index contributed by atoms with van der Waals surface area (Å²) in [4.78, 5) is 5.30. The lowest BCUT2D eigenvalue weighted by Gasteiger charge is -2.46. The first-order valence-electron chi connectivity index (χ1n) is 7.76. The Kier molecular flexibility index (Phi) is 3.41. The first kappa shape index (κ1) is 12.9. The van der Waals surface area contributed by atoms with Crippen LogP contribution in [0.2, 0.25) is 0 Å². The lowest BCUT2D eigenvalue weighted by Crippen LogP contribution is -2.52. The molecule has 3 heterocycles. The molecule has 0 aliphatic carbocycles. The second kappa shape index (κ2) is 4.77. The summed E-state index contributed by atoms with van der Waals surface area (Å²) in [5, 5.41) is 0. The highest BCUT2D eigenvalue weighted by molar-refractivity contribution is 4.99. The Balaban J connectivity index is 1.63. The number of nitrogens with two attached hydrogens (primary N) is 1. The van der Waals surface area contributed by atoms with Crippen molar-refractivity contribution in [1.82, 2.24) is 9.80 Å². The molecule has 104 valence electrons. The summed E-state index contributed by atoms with van der Waals surface area (Å²) in [6, 6.07) is 2.08. The summed E-state index contributed by atoms with van der Waals surface area (Å²) in [6.45, 7) is 6.38. The lowest BCUT2D eigenvalue weighted by molar-refractivity contribution is 0.0393. The van der Waals surface area contributed by atoms with E-state index < -0.39 is 0 Å². The van der Waals surface area contributed by atoms with E-state index in [9.17, 15) is 0 Å². The van der Waals surface area contributed by atoms with Crippen LogP contribution in [0.1, 0.15) is 45.4 Å². The normalized spacial score (nSPS) is 41.2. The van der Waals surface area contributed by atoms with Crippen molar-refractivity contribution in [3.63, 3.8) is 0 Å². The fraction of sp³-hybridized carbons (Fsp3) is 1.00. The van der Waals surface area contributed by atoms with Crippen LogP contribution < -0.4 is 5.73 Å². The van der Waals surface area contributed by atoms with Gasteiger partial charge in [-0.2, -0.15) is 0 Å². The highest BCUT2D eigenvalue weighted by Crippen LogP contribution is 2.40. The van der Waals surface area contributed by atoms with Crippen LogP contribution in [-0.2, 0) is 0 Å². The van der Waals surface area contributed by atoms with E-state index in [2.05, 4.69) is 23.8 Å². The van der Waals surface area contributed by atoms with E-state index in [1.807, 2.05) is 0 Å². The highest BCUT2D eigenvalue weighted by Gasteiger charge is 2.42. The first-order valence-corrected chi connectivity index (χ1v) is 7.76. The molecule has 0 aromatic heterocycles. The maximum Gasteiger partial charge on any atom is 0.0114 e. The molecule has 18 heavy (non-hydrogen) atoms. The third kappa shape index (κ3) is 2.45. The van der Waals surface area contributed by atoms with Gasteiger partial charge in [-0.1, -0.05) is 6.92 Å². The van der Waals surface area contributed by atoms with Gasteiger partial charge in [0, 0.05) is 24.7 Å². The predicted octanol–water partition coefficient (Wildman–Crippen LogP) is 1.67. The summed E-state index contributed by atoms with van der Waals surface area (Å²) in [7, 11) is 2.25. The number of nitrogens with zero attached hydrogens (tertiary/aromatic N) is 2. The Labute approximate surface area is 112 Å². The van der Waals surface area contributed by atoms with Crippen LogP contribution in [0.15, 0.2) is 0 Å². The minimum atomic E-state index is 0.476. The molecule has 3 saturated heterocycles. The fourth-order valence-electron chi connectivity index (χ4n) is 4.33. The summed E-state index contributed by atoms with van der Waals surface area (Å²) in [5.74, 6) is 0. The number of likely N-dealkylation sites (tertiary alicyclic amines) is 1. The van der Waals surface area contributed by atoms with E-state index >= 15 is 0 Å².